The maximum atomic E-state index is 13.4. The molecule has 0 spiro atoms. The van der Waals surface area contributed by atoms with Crippen molar-refractivity contribution in [2.24, 2.45) is 0 Å². The van der Waals surface area contributed by atoms with E-state index < -0.39 is 0 Å². The highest BCUT2D eigenvalue weighted by molar-refractivity contribution is 5.86. The summed E-state index contributed by atoms with van der Waals surface area (Å²) in [4.78, 5) is 18.6. The molecule has 0 aliphatic heterocycles. The second-order valence-electron chi connectivity index (χ2n) is 7.93. The lowest BCUT2D eigenvalue weighted by Gasteiger charge is -2.31. The van der Waals surface area contributed by atoms with Crippen molar-refractivity contribution >= 4 is 16.8 Å². The Kier molecular flexibility index (Phi) is 6.98. The number of H-pyrrole nitrogens is 1. The van der Waals surface area contributed by atoms with Crippen LogP contribution in [0.2, 0.25) is 0 Å². The van der Waals surface area contributed by atoms with E-state index in [1.807, 2.05) is 84.8 Å². The van der Waals surface area contributed by atoms with Crippen LogP contribution in [0.15, 0.2) is 79.0 Å². The molecule has 1 heterocycles. The summed E-state index contributed by atoms with van der Waals surface area (Å²) in [6, 6.07) is 23.7. The molecule has 0 aliphatic rings. The van der Waals surface area contributed by atoms with Crippen molar-refractivity contribution in [3.8, 4) is 11.5 Å². The Morgan fingerprint density at radius 1 is 0.939 bits per heavy atom. The van der Waals surface area contributed by atoms with Crippen LogP contribution in [0.3, 0.4) is 0 Å². The van der Waals surface area contributed by atoms with E-state index in [2.05, 4.69) is 18.0 Å². The molecule has 1 atom stereocenters. The largest absolute Gasteiger partial charge is 0.497 e. The number of para-hydroxylation sites is 1. The molecule has 0 aliphatic carbocycles. The lowest BCUT2D eigenvalue weighted by Crippen LogP contribution is -2.38. The summed E-state index contributed by atoms with van der Waals surface area (Å²) >= 11 is 0. The van der Waals surface area contributed by atoms with E-state index in [1.165, 1.54) is 5.56 Å². The Bertz CT molecular complexity index is 1200. The Balaban J connectivity index is 1.65. The van der Waals surface area contributed by atoms with Gasteiger partial charge in [-0.1, -0.05) is 49.4 Å². The first kappa shape index (κ1) is 22.5. The summed E-state index contributed by atoms with van der Waals surface area (Å²) in [7, 11) is 1.65. The Hall–Kier alpha value is -3.73. The Morgan fingerprint density at radius 2 is 1.64 bits per heavy atom. The van der Waals surface area contributed by atoms with Gasteiger partial charge < -0.3 is 19.4 Å². The Labute approximate surface area is 195 Å². The van der Waals surface area contributed by atoms with Crippen molar-refractivity contribution < 1.29 is 14.3 Å². The highest BCUT2D eigenvalue weighted by Gasteiger charge is 2.28. The van der Waals surface area contributed by atoms with Crippen LogP contribution in [0.1, 0.15) is 36.6 Å². The number of amides is 1. The van der Waals surface area contributed by atoms with Crippen LogP contribution in [0.4, 0.5) is 0 Å². The van der Waals surface area contributed by atoms with E-state index in [1.54, 1.807) is 7.11 Å². The van der Waals surface area contributed by atoms with Gasteiger partial charge in [0.25, 0.3) is 5.91 Å². The van der Waals surface area contributed by atoms with Crippen molar-refractivity contribution in [3.05, 3.63) is 95.7 Å². The lowest BCUT2D eigenvalue weighted by molar-refractivity contribution is -0.134. The number of hydrogen-bond donors (Lipinski definition) is 1. The number of ether oxygens (including phenoxy) is 2. The van der Waals surface area contributed by atoms with E-state index >= 15 is 0 Å². The van der Waals surface area contributed by atoms with Gasteiger partial charge in [-0.2, -0.15) is 0 Å². The van der Waals surface area contributed by atoms with Crippen molar-refractivity contribution in [1.82, 2.24) is 9.88 Å². The van der Waals surface area contributed by atoms with Crippen LogP contribution in [-0.4, -0.2) is 36.1 Å². The maximum Gasteiger partial charge on any atom is 0.261 e. The lowest BCUT2D eigenvalue weighted by atomic mass is 9.96. The molecule has 4 aromatic rings. The topological polar surface area (TPSA) is 54.6 Å². The minimum Gasteiger partial charge on any atom is -0.497 e. The number of fused-ring (bicyclic) bond motifs is 1. The van der Waals surface area contributed by atoms with E-state index in [4.69, 9.17) is 9.47 Å². The fourth-order valence-corrected chi connectivity index (χ4v) is 4.19. The van der Waals surface area contributed by atoms with Gasteiger partial charge in [0.1, 0.15) is 11.5 Å². The molecule has 5 nitrogen and oxygen atoms in total. The van der Waals surface area contributed by atoms with Gasteiger partial charge in [-0.05, 0) is 54.8 Å². The van der Waals surface area contributed by atoms with Gasteiger partial charge in [-0.15, -0.1) is 0 Å². The standard InChI is InChI=1S/C28H30N2O3/c1-4-20-10-14-23(15-11-20)33-19-27(31)30(5-2)28(21-12-16-22(32-3)17-13-21)25-18-29-26-9-7-6-8-24(25)26/h6-18,28-29H,4-5,19H2,1-3H3/t28-/m0/s1. The first-order chi connectivity index (χ1) is 16.1. The summed E-state index contributed by atoms with van der Waals surface area (Å²) in [6.07, 6.45) is 2.97. The van der Waals surface area contributed by atoms with Crippen LogP contribution < -0.4 is 9.47 Å². The smallest absolute Gasteiger partial charge is 0.261 e. The highest BCUT2D eigenvalue weighted by atomic mass is 16.5. The normalized spacial score (nSPS) is 11.8. The zero-order valence-electron chi connectivity index (χ0n) is 19.4. The van der Waals surface area contributed by atoms with Crippen LogP contribution >= 0.6 is 0 Å². The number of aromatic amines is 1. The summed E-state index contributed by atoms with van der Waals surface area (Å²) in [5.74, 6) is 1.41. The Morgan fingerprint density at radius 3 is 2.30 bits per heavy atom. The average Bonchev–Trinajstić information content (AvgIpc) is 3.30. The second-order valence-corrected chi connectivity index (χ2v) is 7.93. The third-order valence-corrected chi connectivity index (χ3v) is 6.01. The highest BCUT2D eigenvalue weighted by Crippen LogP contribution is 2.34. The summed E-state index contributed by atoms with van der Waals surface area (Å²) in [5.41, 5.74) is 4.35. The third kappa shape index (κ3) is 4.87. The minimum atomic E-state index is -0.254. The molecular weight excluding hydrogens is 412 g/mol. The number of aromatic nitrogens is 1. The molecule has 3 aromatic carbocycles. The predicted molar refractivity (Wildman–Crippen MR) is 132 cm³/mol. The molecule has 170 valence electrons. The van der Waals surface area contributed by atoms with Crippen LogP contribution in [0.25, 0.3) is 10.9 Å². The van der Waals surface area contributed by atoms with Crippen molar-refractivity contribution in [1.29, 1.82) is 0 Å². The van der Waals surface area contributed by atoms with E-state index in [-0.39, 0.29) is 18.6 Å². The number of nitrogens with one attached hydrogen (secondary N) is 1. The summed E-state index contributed by atoms with van der Waals surface area (Å²) < 4.78 is 11.2. The third-order valence-electron chi connectivity index (χ3n) is 6.01. The van der Waals surface area contributed by atoms with Gasteiger partial charge in [0.2, 0.25) is 0 Å². The van der Waals surface area contributed by atoms with Crippen LogP contribution in [0, 0.1) is 0 Å². The monoisotopic (exact) mass is 442 g/mol. The maximum absolute atomic E-state index is 13.4. The number of hydrogen-bond acceptors (Lipinski definition) is 3. The van der Waals surface area contributed by atoms with Gasteiger partial charge in [0.05, 0.1) is 13.2 Å². The number of methoxy groups -OCH3 is 1. The number of benzene rings is 3. The van der Waals surface area contributed by atoms with Crippen molar-refractivity contribution in [2.45, 2.75) is 26.3 Å². The first-order valence-corrected chi connectivity index (χ1v) is 11.4. The molecule has 0 saturated carbocycles. The van der Waals surface area contributed by atoms with Gasteiger partial charge in [-0.25, -0.2) is 0 Å². The van der Waals surface area contributed by atoms with Gasteiger partial charge in [-0.3, -0.25) is 4.79 Å². The van der Waals surface area contributed by atoms with E-state index in [0.717, 1.165) is 34.2 Å². The molecule has 33 heavy (non-hydrogen) atoms. The molecule has 1 N–H and O–H groups in total. The molecule has 1 amide bonds. The van der Waals surface area contributed by atoms with Gasteiger partial charge >= 0.3 is 0 Å². The molecule has 0 saturated heterocycles. The van der Waals surface area contributed by atoms with E-state index in [0.29, 0.717) is 12.3 Å². The molecular formula is C28H30N2O3. The average molecular weight is 443 g/mol. The number of carbonyl (C=O) groups is 1. The van der Waals surface area contributed by atoms with Crippen LogP contribution in [-0.2, 0) is 11.2 Å². The van der Waals surface area contributed by atoms with Crippen molar-refractivity contribution in [3.63, 3.8) is 0 Å². The number of carbonyl (C=O) groups excluding carboxylic acids is 1. The minimum absolute atomic E-state index is 0.0195. The second kappa shape index (κ2) is 10.3. The summed E-state index contributed by atoms with van der Waals surface area (Å²) in [6.45, 7) is 4.64. The van der Waals surface area contributed by atoms with Crippen LogP contribution in [0.5, 0.6) is 11.5 Å². The predicted octanol–water partition coefficient (Wildman–Crippen LogP) is 5.76. The number of rotatable bonds is 9. The van der Waals surface area contributed by atoms with E-state index in [9.17, 15) is 4.79 Å². The zero-order chi connectivity index (χ0) is 23.2. The van der Waals surface area contributed by atoms with Crippen molar-refractivity contribution in [2.75, 3.05) is 20.3 Å². The number of likely N-dealkylation sites (N-methyl/N-ethyl adjacent to an activating group) is 1. The van der Waals surface area contributed by atoms with Gasteiger partial charge in [0.15, 0.2) is 6.61 Å². The summed E-state index contributed by atoms with van der Waals surface area (Å²) in [5, 5.41) is 1.10. The molecule has 1 aromatic heterocycles. The molecule has 0 bridgehead atoms. The molecule has 4 rings (SSSR count). The number of nitrogens with zero attached hydrogens (tertiary/aromatic N) is 1. The fourth-order valence-electron chi connectivity index (χ4n) is 4.19. The molecule has 0 fully saturated rings. The quantitative estimate of drug-likeness (QED) is 0.359. The zero-order valence-corrected chi connectivity index (χ0v) is 19.4. The van der Waals surface area contributed by atoms with Gasteiger partial charge in [0, 0.05) is 29.2 Å². The molecule has 0 unspecified atom stereocenters. The first-order valence-electron chi connectivity index (χ1n) is 11.4. The molecule has 0 radical (unpaired) electrons. The fraction of sp³-hybridized carbons (Fsp3) is 0.250. The number of aryl methyl sites for hydroxylation is 1. The SMILES string of the molecule is CCc1ccc(OCC(=O)N(CC)[C@@H](c2ccc(OC)cc2)c2c[nH]c3ccccc23)cc1. The molecule has 5 heteroatoms.